The van der Waals surface area contributed by atoms with E-state index in [2.05, 4.69) is 24.9 Å². The van der Waals surface area contributed by atoms with Gasteiger partial charge < -0.3 is 5.73 Å². The second-order valence-corrected chi connectivity index (χ2v) is 5.62. The van der Waals surface area contributed by atoms with E-state index in [0.29, 0.717) is 19.4 Å². The van der Waals surface area contributed by atoms with E-state index in [4.69, 9.17) is 5.73 Å². The Morgan fingerprint density at radius 3 is 2.89 bits per heavy atom. The van der Waals surface area contributed by atoms with E-state index in [1.807, 2.05) is 0 Å². The lowest BCUT2D eigenvalue weighted by atomic mass is 10.3. The predicted molar refractivity (Wildman–Crippen MR) is 68.5 cm³/mol. The fraction of sp³-hybridized carbons (Fsp3) is 0.300. The van der Waals surface area contributed by atoms with Crippen molar-refractivity contribution in [1.82, 2.24) is 24.9 Å². The van der Waals surface area contributed by atoms with Gasteiger partial charge in [0.15, 0.2) is 0 Å². The number of anilines is 1. The number of pyridine rings is 1. The Labute approximate surface area is 110 Å². The molecule has 19 heavy (non-hydrogen) atoms. The number of hydrogen-bond acceptors (Lipinski definition) is 6. The summed E-state index contributed by atoms with van der Waals surface area (Å²) in [5.74, 6) is 0.900. The van der Waals surface area contributed by atoms with Gasteiger partial charge in [0.25, 0.3) is 0 Å². The first-order valence-electron chi connectivity index (χ1n) is 5.63. The molecule has 0 saturated carbocycles. The summed E-state index contributed by atoms with van der Waals surface area (Å²) in [6.07, 6.45) is 4.02. The Balaban J connectivity index is 1.88. The van der Waals surface area contributed by atoms with Gasteiger partial charge in [0.2, 0.25) is 10.0 Å². The number of nitrogen functional groups attached to an aromatic ring is 1. The highest BCUT2D eigenvalue weighted by molar-refractivity contribution is 7.89. The Bertz CT molecular complexity index is 625. The molecule has 2 aromatic rings. The third-order valence-corrected chi connectivity index (χ3v) is 3.87. The third-order valence-electron chi connectivity index (χ3n) is 2.41. The van der Waals surface area contributed by atoms with Crippen LogP contribution in [-0.4, -0.2) is 35.1 Å². The van der Waals surface area contributed by atoms with Gasteiger partial charge in [-0.15, -0.1) is 0 Å². The summed E-state index contributed by atoms with van der Waals surface area (Å²) in [4.78, 5) is 7.81. The van der Waals surface area contributed by atoms with Gasteiger partial charge in [-0.2, -0.15) is 5.10 Å². The topological polar surface area (TPSA) is 127 Å². The summed E-state index contributed by atoms with van der Waals surface area (Å²) in [5.41, 5.74) is 5.45. The first-order chi connectivity index (χ1) is 9.08. The number of aromatic amines is 1. The van der Waals surface area contributed by atoms with Crippen molar-refractivity contribution in [3.05, 3.63) is 30.5 Å². The van der Waals surface area contributed by atoms with Gasteiger partial charge in [-0.25, -0.2) is 23.1 Å². The number of aromatic nitrogens is 4. The molecule has 0 aliphatic heterocycles. The molecule has 0 unspecified atom stereocenters. The molecule has 8 nitrogen and oxygen atoms in total. The van der Waals surface area contributed by atoms with Gasteiger partial charge in [0.05, 0.1) is 4.90 Å². The quantitative estimate of drug-likeness (QED) is 0.624. The number of nitrogens with one attached hydrogen (secondary N) is 2. The number of rotatable bonds is 6. The first kappa shape index (κ1) is 13.4. The van der Waals surface area contributed by atoms with Crippen LogP contribution in [-0.2, 0) is 16.4 Å². The minimum absolute atomic E-state index is 0.111. The molecule has 4 N–H and O–H groups in total. The Morgan fingerprint density at radius 2 is 2.21 bits per heavy atom. The molecule has 102 valence electrons. The predicted octanol–water partition coefficient (Wildman–Crippen LogP) is -0.307. The van der Waals surface area contributed by atoms with E-state index >= 15 is 0 Å². The van der Waals surface area contributed by atoms with Crippen LogP contribution in [0.2, 0.25) is 0 Å². The summed E-state index contributed by atoms with van der Waals surface area (Å²) < 4.78 is 26.3. The van der Waals surface area contributed by atoms with Gasteiger partial charge in [0, 0.05) is 25.2 Å². The smallest absolute Gasteiger partial charge is 0.240 e. The molecule has 0 spiro atoms. The molecule has 2 heterocycles. The summed E-state index contributed by atoms with van der Waals surface area (Å²) in [6.45, 7) is 0.311. The lowest BCUT2D eigenvalue weighted by Crippen LogP contribution is -2.25. The van der Waals surface area contributed by atoms with Crippen LogP contribution >= 0.6 is 0 Å². The molecule has 9 heteroatoms. The third kappa shape index (κ3) is 3.73. The molecule has 0 fully saturated rings. The molecule has 0 aliphatic carbocycles. The maximum absolute atomic E-state index is 11.9. The van der Waals surface area contributed by atoms with Crippen molar-refractivity contribution < 1.29 is 8.42 Å². The van der Waals surface area contributed by atoms with Crippen molar-refractivity contribution in [1.29, 1.82) is 0 Å². The largest absolute Gasteiger partial charge is 0.384 e. The molecule has 0 aromatic carbocycles. The molecule has 0 atom stereocenters. The maximum atomic E-state index is 11.9. The highest BCUT2D eigenvalue weighted by Gasteiger charge is 2.13. The van der Waals surface area contributed by atoms with Crippen molar-refractivity contribution >= 4 is 15.8 Å². The van der Waals surface area contributed by atoms with Crippen LogP contribution in [0.4, 0.5) is 5.82 Å². The van der Waals surface area contributed by atoms with Crippen molar-refractivity contribution in [2.24, 2.45) is 0 Å². The van der Waals surface area contributed by atoms with Gasteiger partial charge in [0.1, 0.15) is 18.0 Å². The maximum Gasteiger partial charge on any atom is 0.240 e. The number of nitrogens with two attached hydrogens (primary N) is 1. The first-order valence-corrected chi connectivity index (χ1v) is 7.12. The molecule has 0 bridgehead atoms. The van der Waals surface area contributed by atoms with Gasteiger partial charge in [-0.3, -0.25) is 5.10 Å². The minimum atomic E-state index is -3.54. The zero-order chi connectivity index (χ0) is 13.7. The highest BCUT2D eigenvalue weighted by atomic mass is 32.2. The zero-order valence-corrected chi connectivity index (χ0v) is 10.9. The Kier molecular flexibility index (Phi) is 4.07. The molecular weight excluding hydrogens is 268 g/mol. The van der Waals surface area contributed by atoms with E-state index in [0.717, 1.165) is 5.82 Å². The lowest BCUT2D eigenvalue weighted by Gasteiger charge is -2.06. The van der Waals surface area contributed by atoms with Crippen LogP contribution < -0.4 is 10.5 Å². The molecular formula is C10H14N6O2S. The van der Waals surface area contributed by atoms with E-state index in [1.165, 1.54) is 24.7 Å². The molecule has 0 aliphatic rings. The number of aryl methyl sites for hydroxylation is 1. The van der Waals surface area contributed by atoms with Crippen LogP contribution in [0.15, 0.2) is 29.6 Å². The second kappa shape index (κ2) is 5.76. The SMILES string of the molecule is Nc1cc(S(=O)(=O)NCCCc2ncn[nH]2)ccn1. The van der Waals surface area contributed by atoms with Crippen LogP contribution in [0.5, 0.6) is 0 Å². The van der Waals surface area contributed by atoms with Crippen molar-refractivity contribution in [2.75, 3.05) is 12.3 Å². The Morgan fingerprint density at radius 1 is 1.37 bits per heavy atom. The van der Waals surface area contributed by atoms with E-state index in [9.17, 15) is 8.42 Å². The Hall–Kier alpha value is -2.00. The average Bonchev–Trinajstić information content (AvgIpc) is 2.88. The minimum Gasteiger partial charge on any atom is -0.384 e. The number of hydrogen-bond donors (Lipinski definition) is 3. The van der Waals surface area contributed by atoms with Crippen LogP contribution in [0.25, 0.3) is 0 Å². The number of H-pyrrole nitrogens is 1. The molecule has 0 saturated heterocycles. The molecule has 2 rings (SSSR count). The molecule has 2 aromatic heterocycles. The summed E-state index contributed by atoms with van der Waals surface area (Å²) in [5, 5.41) is 6.42. The molecule has 0 radical (unpaired) electrons. The number of nitrogens with zero attached hydrogens (tertiary/aromatic N) is 3. The van der Waals surface area contributed by atoms with Crippen molar-refractivity contribution in [2.45, 2.75) is 17.7 Å². The van der Waals surface area contributed by atoms with Crippen LogP contribution in [0.3, 0.4) is 0 Å². The zero-order valence-electron chi connectivity index (χ0n) is 10.1. The van der Waals surface area contributed by atoms with E-state index in [-0.39, 0.29) is 10.7 Å². The van der Waals surface area contributed by atoms with Crippen molar-refractivity contribution in [3.8, 4) is 0 Å². The van der Waals surface area contributed by atoms with Crippen molar-refractivity contribution in [3.63, 3.8) is 0 Å². The summed E-state index contributed by atoms with van der Waals surface area (Å²) in [6, 6.07) is 2.72. The summed E-state index contributed by atoms with van der Waals surface area (Å²) >= 11 is 0. The standard InChI is InChI=1S/C10H14N6O2S/c11-9-6-8(3-5-12-9)19(17,18)15-4-1-2-10-13-7-14-16-10/h3,5-7,15H,1-2,4H2,(H2,11,12)(H,13,14,16). The molecule has 0 amide bonds. The van der Waals surface area contributed by atoms with Gasteiger partial charge in [-0.1, -0.05) is 0 Å². The fourth-order valence-corrected chi connectivity index (χ4v) is 2.59. The highest BCUT2D eigenvalue weighted by Crippen LogP contribution is 2.10. The van der Waals surface area contributed by atoms with Crippen LogP contribution in [0.1, 0.15) is 12.2 Å². The average molecular weight is 282 g/mol. The van der Waals surface area contributed by atoms with Gasteiger partial charge >= 0.3 is 0 Å². The monoisotopic (exact) mass is 282 g/mol. The van der Waals surface area contributed by atoms with E-state index < -0.39 is 10.0 Å². The number of sulfonamides is 1. The summed E-state index contributed by atoms with van der Waals surface area (Å²) in [7, 11) is -3.54. The second-order valence-electron chi connectivity index (χ2n) is 3.85. The van der Waals surface area contributed by atoms with Crippen LogP contribution in [0, 0.1) is 0 Å². The van der Waals surface area contributed by atoms with E-state index in [1.54, 1.807) is 0 Å². The lowest BCUT2D eigenvalue weighted by molar-refractivity contribution is 0.578. The normalized spacial score (nSPS) is 11.6. The van der Waals surface area contributed by atoms with Gasteiger partial charge in [-0.05, 0) is 12.5 Å². The fourth-order valence-electron chi connectivity index (χ4n) is 1.49.